The molecular weight excluding hydrogens is 384 g/mol. The molecule has 6 nitrogen and oxygen atoms in total. The van der Waals surface area contributed by atoms with Gasteiger partial charge in [0.05, 0.1) is 17.0 Å². The fourth-order valence-electron chi connectivity index (χ4n) is 2.24. The molecule has 2 aromatic carbocycles. The van der Waals surface area contributed by atoms with Crippen LogP contribution in [-0.4, -0.2) is 21.4 Å². The van der Waals surface area contributed by atoms with Crippen molar-refractivity contribution in [1.29, 1.82) is 0 Å². The molecule has 0 radical (unpaired) electrons. The lowest BCUT2D eigenvalue weighted by molar-refractivity contribution is 0.103. The number of methoxy groups -OCH3 is 1. The van der Waals surface area contributed by atoms with Crippen LogP contribution in [0.15, 0.2) is 47.4 Å². The van der Waals surface area contributed by atoms with E-state index in [1.807, 2.05) is 6.07 Å². The second kappa shape index (κ2) is 6.64. The van der Waals surface area contributed by atoms with Crippen LogP contribution in [-0.2, 0) is 10.0 Å². The second-order valence-corrected chi connectivity index (χ2v) is 8.12. The first-order chi connectivity index (χ1) is 11.8. The van der Waals surface area contributed by atoms with Gasteiger partial charge >= 0.3 is 0 Å². The Morgan fingerprint density at radius 1 is 1.20 bits per heavy atom. The average Bonchev–Trinajstić information content (AvgIpc) is 2.91. The Morgan fingerprint density at radius 2 is 1.88 bits per heavy atom. The van der Waals surface area contributed by atoms with Crippen molar-refractivity contribution in [3.05, 3.63) is 52.4 Å². The minimum absolute atomic E-state index is 0.0301. The van der Waals surface area contributed by atoms with Gasteiger partial charge < -0.3 is 10.1 Å². The first-order valence-corrected chi connectivity index (χ1v) is 9.74. The normalized spacial score (nSPS) is 11.5. The van der Waals surface area contributed by atoms with Gasteiger partial charge in [0.25, 0.3) is 5.91 Å². The molecule has 3 aromatic rings. The quantitative estimate of drug-likeness (QED) is 0.705. The summed E-state index contributed by atoms with van der Waals surface area (Å²) in [6.45, 7) is 0. The lowest BCUT2D eigenvalue weighted by Gasteiger charge is -2.05. The molecule has 1 aromatic heterocycles. The Balaban J connectivity index is 1.88. The molecule has 25 heavy (non-hydrogen) atoms. The number of fused-ring (bicyclic) bond motifs is 1. The average molecular weight is 397 g/mol. The summed E-state index contributed by atoms with van der Waals surface area (Å²) in [7, 11) is -2.22. The van der Waals surface area contributed by atoms with Crippen molar-refractivity contribution >= 4 is 54.6 Å². The molecule has 0 unspecified atom stereocenters. The van der Waals surface area contributed by atoms with E-state index in [0.717, 1.165) is 10.1 Å². The van der Waals surface area contributed by atoms with Crippen LogP contribution in [0.3, 0.4) is 0 Å². The van der Waals surface area contributed by atoms with Crippen molar-refractivity contribution in [3.8, 4) is 5.75 Å². The fraction of sp³-hybridized carbons (Fsp3) is 0.0625. The molecule has 1 amide bonds. The molecule has 3 N–H and O–H groups in total. The molecule has 0 aliphatic carbocycles. The van der Waals surface area contributed by atoms with Crippen molar-refractivity contribution in [3.63, 3.8) is 0 Å². The summed E-state index contributed by atoms with van der Waals surface area (Å²) in [5, 5.41) is 8.81. The van der Waals surface area contributed by atoms with Crippen LogP contribution in [0, 0.1) is 0 Å². The van der Waals surface area contributed by atoms with Crippen LogP contribution >= 0.6 is 22.9 Å². The zero-order valence-corrected chi connectivity index (χ0v) is 15.3. The van der Waals surface area contributed by atoms with Gasteiger partial charge in [0.2, 0.25) is 10.0 Å². The summed E-state index contributed by atoms with van der Waals surface area (Å²) in [5.74, 6) is 0.270. The van der Waals surface area contributed by atoms with E-state index in [2.05, 4.69) is 5.32 Å². The van der Waals surface area contributed by atoms with Gasteiger partial charge in [0.15, 0.2) is 0 Å². The third-order valence-electron chi connectivity index (χ3n) is 3.48. The van der Waals surface area contributed by atoms with Gasteiger partial charge in [-0.1, -0.05) is 11.6 Å². The smallest absolute Gasteiger partial charge is 0.267 e. The van der Waals surface area contributed by atoms with Crippen LogP contribution in [0.5, 0.6) is 5.75 Å². The molecule has 9 heteroatoms. The molecule has 0 aliphatic heterocycles. The van der Waals surface area contributed by atoms with Crippen molar-refractivity contribution in [1.82, 2.24) is 0 Å². The highest BCUT2D eigenvalue weighted by Crippen LogP contribution is 2.37. The van der Waals surface area contributed by atoms with Crippen molar-refractivity contribution < 1.29 is 17.9 Å². The Morgan fingerprint density at radius 3 is 2.48 bits per heavy atom. The molecule has 0 saturated carbocycles. The number of sulfonamides is 1. The highest BCUT2D eigenvalue weighted by molar-refractivity contribution is 7.89. The predicted octanol–water partition coefficient (Wildman–Crippen LogP) is 3.46. The van der Waals surface area contributed by atoms with Gasteiger partial charge in [-0.3, -0.25) is 4.79 Å². The van der Waals surface area contributed by atoms with E-state index in [4.69, 9.17) is 21.5 Å². The van der Waals surface area contributed by atoms with Crippen molar-refractivity contribution in [2.45, 2.75) is 4.90 Å². The van der Waals surface area contributed by atoms with Gasteiger partial charge in [-0.2, -0.15) is 0 Å². The van der Waals surface area contributed by atoms with E-state index in [1.54, 1.807) is 19.2 Å². The number of hydrogen-bond donors (Lipinski definition) is 2. The summed E-state index contributed by atoms with van der Waals surface area (Å²) < 4.78 is 28.5. The standard InChI is InChI=1S/C16H13ClN2O4S2/c1-23-10-4-7-13-12(8-10)14(17)15(24-13)16(20)19-9-2-5-11(6-3-9)25(18,21)22/h2-8H,1H3,(H,19,20)(H2,18,21,22). The van der Waals surface area contributed by atoms with Crippen molar-refractivity contribution in [2.24, 2.45) is 5.14 Å². The number of halogens is 1. The highest BCUT2D eigenvalue weighted by Gasteiger charge is 2.18. The van der Waals surface area contributed by atoms with Gasteiger partial charge in [0, 0.05) is 15.8 Å². The van der Waals surface area contributed by atoms with Crippen LogP contribution in [0.2, 0.25) is 5.02 Å². The van der Waals surface area contributed by atoms with Crippen LogP contribution in [0.4, 0.5) is 5.69 Å². The summed E-state index contributed by atoms with van der Waals surface area (Å²) in [4.78, 5) is 12.8. The maximum atomic E-state index is 12.5. The Kier molecular flexibility index (Phi) is 4.70. The number of nitrogens with two attached hydrogens (primary N) is 1. The lowest BCUT2D eigenvalue weighted by atomic mass is 10.2. The Labute approximate surface area is 153 Å². The number of anilines is 1. The number of benzene rings is 2. The van der Waals surface area contributed by atoms with E-state index in [-0.39, 0.29) is 10.8 Å². The lowest BCUT2D eigenvalue weighted by Crippen LogP contribution is -2.13. The number of thiophene rings is 1. The fourth-order valence-corrected chi connectivity index (χ4v) is 4.14. The minimum Gasteiger partial charge on any atom is -0.497 e. The number of rotatable bonds is 4. The summed E-state index contributed by atoms with van der Waals surface area (Å²) >= 11 is 7.59. The molecule has 130 valence electrons. The molecular formula is C16H13ClN2O4S2. The molecule has 0 fully saturated rings. The monoisotopic (exact) mass is 396 g/mol. The molecule has 0 atom stereocenters. The summed E-state index contributed by atoms with van der Waals surface area (Å²) in [6, 6.07) is 11.0. The number of ether oxygens (including phenoxy) is 1. The summed E-state index contributed by atoms with van der Waals surface area (Å²) in [6.07, 6.45) is 0. The van der Waals surface area contributed by atoms with Gasteiger partial charge in [-0.05, 0) is 42.5 Å². The van der Waals surface area contributed by atoms with Gasteiger partial charge in [-0.25, -0.2) is 13.6 Å². The number of carbonyl (C=O) groups is 1. The third-order valence-corrected chi connectivity index (χ3v) is 6.08. The maximum Gasteiger partial charge on any atom is 0.267 e. The van der Waals surface area contributed by atoms with E-state index in [9.17, 15) is 13.2 Å². The van der Waals surface area contributed by atoms with E-state index in [1.165, 1.54) is 35.6 Å². The molecule has 0 bridgehead atoms. The van der Waals surface area contributed by atoms with E-state index in [0.29, 0.717) is 21.3 Å². The zero-order valence-electron chi connectivity index (χ0n) is 12.9. The Bertz CT molecular complexity index is 1060. The number of amides is 1. The topological polar surface area (TPSA) is 98.5 Å². The molecule has 0 saturated heterocycles. The maximum absolute atomic E-state index is 12.5. The number of carbonyl (C=O) groups excluding carboxylic acids is 1. The molecule has 1 heterocycles. The van der Waals surface area contributed by atoms with Crippen LogP contribution in [0.25, 0.3) is 10.1 Å². The molecule has 0 spiro atoms. The van der Waals surface area contributed by atoms with E-state index >= 15 is 0 Å². The predicted molar refractivity (Wildman–Crippen MR) is 99.2 cm³/mol. The number of hydrogen-bond acceptors (Lipinski definition) is 5. The minimum atomic E-state index is -3.77. The van der Waals surface area contributed by atoms with Crippen molar-refractivity contribution in [2.75, 3.05) is 12.4 Å². The largest absolute Gasteiger partial charge is 0.497 e. The third kappa shape index (κ3) is 3.62. The van der Waals surface area contributed by atoms with Gasteiger partial charge in [0.1, 0.15) is 10.6 Å². The first-order valence-electron chi connectivity index (χ1n) is 7.00. The zero-order chi connectivity index (χ0) is 18.2. The highest BCUT2D eigenvalue weighted by atomic mass is 35.5. The first kappa shape index (κ1) is 17.7. The molecule has 3 rings (SSSR count). The Hall–Kier alpha value is -2.13. The number of nitrogens with one attached hydrogen (secondary N) is 1. The molecule has 0 aliphatic rings. The van der Waals surface area contributed by atoms with Crippen LogP contribution < -0.4 is 15.2 Å². The number of primary sulfonamides is 1. The van der Waals surface area contributed by atoms with Crippen LogP contribution in [0.1, 0.15) is 9.67 Å². The van der Waals surface area contributed by atoms with E-state index < -0.39 is 10.0 Å². The SMILES string of the molecule is COc1ccc2sc(C(=O)Nc3ccc(S(N)(=O)=O)cc3)c(Cl)c2c1. The summed E-state index contributed by atoms with van der Waals surface area (Å²) in [5.41, 5.74) is 0.434. The second-order valence-electron chi connectivity index (χ2n) is 5.13. The van der Waals surface area contributed by atoms with Gasteiger partial charge in [-0.15, -0.1) is 11.3 Å².